The molecule has 1 aromatic carbocycles. The fourth-order valence-electron chi connectivity index (χ4n) is 1.16. The maximum atomic E-state index is 13.3. The topological polar surface area (TPSA) is 12.0 Å². The van der Waals surface area contributed by atoms with Crippen molar-refractivity contribution in [1.82, 2.24) is 0 Å². The molecule has 13 heavy (non-hydrogen) atoms. The third-order valence-electron chi connectivity index (χ3n) is 2.23. The van der Waals surface area contributed by atoms with Crippen molar-refractivity contribution in [3.05, 3.63) is 29.6 Å². The molecule has 0 bridgehead atoms. The first kappa shape index (κ1) is 10.0. The van der Waals surface area contributed by atoms with Crippen LogP contribution in [-0.2, 0) is 0 Å². The van der Waals surface area contributed by atoms with E-state index in [0.29, 0.717) is 11.7 Å². The molecular weight excluding hydrogens is 165 g/mol. The standard InChI is InChI=1S/C11H16FN/c1-4-9(3)13-11-8(2)6-5-7-10(11)12/h5-7,9,13H,4H2,1-3H3. The molecule has 2 heteroatoms. The van der Waals surface area contributed by atoms with Crippen LogP contribution in [0.25, 0.3) is 0 Å². The molecule has 0 radical (unpaired) electrons. The van der Waals surface area contributed by atoms with E-state index in [-0.39, 0.29) is 5.82 Å². The van der Waals surface area contributed by atoms with Crippen molar-refractivity contribution >= 4 is 5.69 Å². The largest absolute Gasteiger partial charge is 0.380 e. The maximum absolute atomic E-state index is 13.3. The van der Waals surface area contributed by atoms with Gasteiger partial charge in [0.1, 0.15) is 5.82 Å². The van der Waals surface area contributed by atoms with Crippen molar-refractivity contribution in [1.29, 1.82) is 0 Å². The Balaban J connectivity index is 2.87. The lowest BCUT2D eigenvalue weighted by molar-refractivity contribution is 0.623. The molecule has 0 saturated carbocycles. The SMILES string of the molecule is CCC(C)Nc1c(C)cccc1F. The van der Waals surface area contributed by atoms with E-state index in [1.165, 1.54) is 6.07 Å². The molecule has 72 valence electrons. The zero-order chi connectivity index (χ0) is 9.84. The molecule has 0 saturated heterocycles. The first-order chi connectivity index (χ1) is 6.15. The van der Waals surface area contributed by atoms with Crippen LogP contribution in [-0.4, -0.2) is 6.04 Å². The quantitative estimate of drug-likeness (QED) is 0.754. The summed E-state index contributed by atoms with van der Waals surface area (Å²) >= 11 is 0. The van der Waals surface area contributed by atoms with Gasteiger partial charge in [-0.1, -0.05) is 19.1 Å². The highest BCUT2D eigenvalue weighted by Gasteiger charge is 2.06. The van der Waals surface area contributed by atoms with Crippen LogP contribution in [0.15, 0.2) is 18.2 Å². The Morgan fingerprint density at radius 1 is 1.46 bits per heavy atom. The summed E-state index contributed by atoms with van der Waals surface area (Å²) in [5.74, 6) is -0.166. The van der Waals surface area contributed by atoms with Crippen molar-refractivity contribution < 1.29 is 4.39 Å². The summed E-state index contributed by atoms with van der Waals surface area (Å²) in [5.41, 5.74) is 1.59. The third-order valence-corrected chi connectivity index (χ3v) is 2.23. The molecule has 0 aliphatic carbocycles. The zero-order valence-corrected chi connectivity index (χ0v) is 8.39. The Morgan fingerprint density at radius 3 is 2.69 bits per heavy atom. The minimum atomic E-state index is -0.166. The number of nitrogens with one attached hydrogen (secondary N) is 1. The lowest BCUT2D eigenvalue weighted by atomic mass is 10.1. The third kappa shape index (κ3) is 2.44. The molecule has 0 amide bonds. The number of hydrogen-bond acceptors (Lipinski definition) is 1. The van der Waals surface area contributed by atoms with E-state index >= 15 is 0 Å². The molecule has 0 fully saturated rings. The Kier molecular flexibility index (Phi) is 3.29. The Bertz CT molecular complexity index is 263. The van der Waals surface area contributed by atoms with E-state index in [0.717, 1.165) is 12.0 Å². The molecule has 1 N–H and O–H groups in total. The van der Waals surface area contributed by atoms with Gasteiger partial charge in [-0.3, -0.25) is 0 Å². The molecule has 0 spiro atoms. The van der Waals surface area contributed by atoms with Crippen molar-refractivity contribution in [2.45, 2.75) is 33.2 Å². The Hall–Kier alpha value is -1.05. The predicted molar refractivity (Wildman–Crippen MR) is 54.5 cm³/mol. The van der Waals surface area contributed by atoms with E-state index in [2.05, 4.69) is 12.2 Å². The van der Waals surface area contributed by atoms with Crippen LogP contribution in [0.5, 0.6) is 0 Å². The van der Waals surface area contributed by atoms with Gasteiger partial charge >= 0.3 is 0 Å². The molecule has 1 rings (SSSR count). The second-order valence-electron chi connectivity index (χ2n) is 3.39. The van der Waals surface area contributed by atoms with Crippen molar-refractivity contribution in [2.24, 2.45) is 0 Å². The van der Waals surface area contributed by atoms with Crippen LogP contribution in [0.4, 0.5) is 10.1 Å². The molecule has 0 aliphatic heterocycles. The molecule has 0 aliphatic rings. The van der Waals surface area contributed by atoms with Crippen LogP contribution < -0.4 is 5.32 Å². The van der Waals surface area contributed by atoms with E-state index in [1.54, 1.807) is 6.07 Å². The molecule has 0 aromatic heterocycles. The Labute approximate surface area is 79.0 Å². The molecule has 1 unspecified atom stereocenters. The van der Waals surface area contributed by atoms with E-state index in [1.807, 2.05) is 19.9 Å². The summed E-state index contributed by atoms with van der Waals surface area (Å²) in [7, 11) is 0. The summed E-state index contributed by atoms with van der Waals surface area (Å²) in [5, 5.41) is 3.15. The van der Waals surface area contributed by atoms with Gasteiger partial charge in [-0.2, -0.15) is 0 Å². The zero-order valence-electron chi connectivity index (χ0n) is 8.39. The highest BCUT2D eigenvalue weighted by atomic mass is 19.1. The number of hydrogen-bond donors (Lipinski definition) is 1. The molecular formula is C11H16FN. The first-order valence-corrected chi connectivity index (χ1v) is 4.66. The summed E-state index contributed by atoms with van der Waals surface area (Å²) in [6.45, 7) is 6.04. The number of benzene rings is 1. The molecule has 1 atom stereocenters. The van der Waals surface area contributed by atoms with Gasteiger partial charge in [0.15, 0.2) is 0 Å². The average molecular weight is 181 g/mol. The number of anilines is 1. The van der Waals surface area contributed by atoms with E-state index in [4.69, 9.17) is 0 Å². The second kappa shape index (κ2) is 4.26. The minimum absolute atomic E-state index is 0.166. The first-order valence-electron chi connectivity index (χ1n) is 4.66. The van der Waals surface area contributed by atoms with Gasteiger partial charge in [0.25, 0.3) is 0 Å². The average Bonchev–Trinajstić information content (AvgIpc) is 2.11. The van der Waals surface area contributed by atoms with Crippen LogP contribution >= 0.6 is 0 Å². The van der Waals surface area contributed by atoms with Crippen LogP contribution in [0.1, 0.15) is 25.8 Å². The van der Waals surface area contributed by atoms with Crippen molar-refractivity contribution in [2.75, 3.05) is 5.32 Å². The van der Waals surface area contributed by atoms with E-state index in [9.17, 15) is 4.39 Å². The number of aryl methyl sites for hydroxylation is 1. The summed E-state index contributed by atoms with van der Waals surface area (Å²) in [6, 6.07) is 5.44. The van der Waals surface area contributed by atoms with Gasteiger partial charge in [0, 0.05) is 6.04 Å². The van der Waals surface area contributed by atoms with Gasteiger partial charge < -0.3 is 5.32 Å². The monoisotopic (exact) mass is 181 g/mol. The fraction of sp³-hybridized carbons (Fsp3) is 0.455. The number of para-hydroxylation sites is 1. The van der Waals surface area contributed by atoms with Gasteiger partial charge in [0.2, 0.25) is 0 Å². The van der Waals surface area contributed by atoms with Gasteiger partial charge in [0.05, 0.1) is 5.69 Å². The van der Waals surface area contributed by atoms with Gasteiger partial charge in [-0.05, 0) is 31.9 Å². The van der Waals surface area contributed by atoms with Gasteiger partial charge in [-0.25, -0.2) is 4.39 Å². The predicted octanol–water partition coefficient (Wildman–Crippen LogP) is 3.34. The lowest BCUT2D eigenvalue weighted by Gasteiger charge is -2.15. The van der Waals surface area contributed by atoms with Crippen LogP contribution in [0.2, 0.25) is 0 Å². The molecule has 0 heterocycles. The second-order valence-corrected chi connectivity index (χ2v) is 3.39. The summed E-state index contributed by atoms with van der Waals surface area (Å²) in [4.78, 5) is 0. The summed E-state index contributed by atoms with van der Waals surface area (Å²) < 4.78 is 13.3. The number of halogens is 1. The Morgan fingerprint density at radius 2 is 2.15 bits per heavy atom. The smallest absolute Gasteiger partial charge is 0.146 e. The highest BCUT2D eigenvalue weighted by Crippen LogP contribution is 2.19. The normalized spacial score (nSPS) is 12.6. The highest BCUT2D eigenvalue weighted by molar-refractivity contribution is 5.52. The molecule has 1 nitrogen and oxygen atoms in total. The van der Waals surface area contributed by atoms with Gasteiger partial charge in [-0.15, -0.1) is 0 Å². The van der Waals surface area contributed by atoms with Crippen LogP contribution in [0, 0.1) is 12.7 Å². The fourth-order valence-corrected chi connectivity index (χ4v) is 1.16. The number of rotatable bonds is 3. The van der Waals surface area contributed by atoms with Crippen molar-refractivity contribution in [3.63, 3.8) is 0 Å². The van der Waals surface area contributed by atoms with Crippen molar-refractivity contribution in [3.8, 4) is 0 Å². The van der Waals surface area contributed by atoms with E-state index < -0.39 is 0 Å². The lowest BCUT2D eigenvalue weighted by Crippen LogP contribution is -2.15. The summed E-state index contributed by atoms with van der Waals surface area (Å²) in [6.07, 6.45) is 0.994. The minimum Gasteiger partial charge on any atom is -0.380 e. The maximum Gasteiger partial charge on any atom is 0.146 e. The molecule has 1 aromatic rings. The van der Waals surface area contributed by atoms with Crippen LogP contribution in [0.3, 0.4) is 0 Å².